The summed E-state index contributed by atoms with van der Waals surface area (Å²) >= 11 is 0. The van der Waals surface area contributed by atoms with Crippen LogP contribution in [0.3, 0.4) is 0 Å². The Morgan fingerprint density at radius 1 is 1.37 bits per heavy atom. The van der Waals surface area contributed by atoms with Crippen LogP contribution in [0, 0.1) is 12.8 Å². The molecule has 1 amide bonds. The van der Waals surface area contributed by atoms with E-state index in [0.29, 0.717) is 17.8 Å². The van der Waals surface area contributed by atoms with Crippen molar-refractivity contribution in [2.45, 2.75) is 13.8 Å². The van der Waals surface area contributed by atoms with E-state index in [1.165, 1.54) is 7.11 Å². The van der Waals surface area contributed by atoms with Crippen LogP contribution in [-0.4, -0.2) is 32.6 Å². The van der Waals surface area contributed by atoms with Crippen molar-refractivity contribution in [3.63, 3.8) is 0 Å². The van der Waals surface area contributed by atoms with Crippen molar-refractivity contribution >= 4 is 17.6 Å². The fourth-order valence-electron chi connectivity index (χ4n) is 1.74. The van der Waals surface area contributed by atoms with Gasteiger partial charge in [-0.25, -0.2) is 4.79 Å². The van der Waals surface area contributed by atoms with Gasteiger partial charge in [-0.05, 0) is 37.7 Å². The zero-order chi connectivity index (χ0) is 14.4. The van der Waals surface area contributed by atoms with Crippen LogP contribution in [0.25, 0.3) is 0 Å². The molecule has 104 valence electrons. The van der Waals surface area contributed by atoms with Crippen LogP contribution < -0.4 is 10.6 Å². The number of hydrogen-bond donors (Lipinski definition) is 2. The van der Waals surface area contributed by atoms with Crippen molar-refractivity contribution in [2.24, 2.45) is 5.92 Å². The number of hydrogen-bond acceptors (Lipinski definition) is 4. The Bertz CT molecular complexity index is 472. The van der Waals surface area contributed by atoms with E-state index >= 15 is 0 Å². The largest absolute Gasteiger partial charge is 0.465 e. The third-order valence-electron chi connectivity index (χ3n) is 2.86. The monoisotopic (exact) mass is 264 g/mol. The van der Waals surface area contributed by atoms with Gasteiger partial charge in [0.15, 0.2) is 0 Å². The van der Waals surface area contributed by atoms with E-state index in [9.17, 15) is 9.59 Å². The summed E-state index contributed by atoms with van der Waals surface area (Å²) in [5, 5.41) is 5.78. The molecule has 0 aliphatic heterocycles. The lowest BCUT2D eigenvalue weighted by Crippen LogP contribution is -2.28. The maximum atomic E-state index is 11.8. The number of carbonyl (C=O) groups excluding carboxylic acids is 2. The number of carbonyl (C=O) groups is 2. The third-order valence-corrected chi connectivity index (χ3v) is 2.86. The smallest absolute Gasteiger partial charge is 0.338 e. The molecule has 1 unspecified atom stereocenters. The van der Waals surface area contributed by atoms with Gasteiger partial charge in [-0.3, -0.25) is 4.79 Å². The van der Waals surface area contributed by atoms with Crippen molar-refractivity contribution in [3.8, 4) is 0 Å². The molecule has 1 rings (SSSR count). The zero-order valence-electron chi connectivity index (χ0n) is 11.7. The molecule has 0 radical (unpaired) electrons. The van der Waals surface area contributed by atoms with Gasteiger partial charge in [-0.1, -0.05) is 6.92 Å². The molecule has 0 bridgehead atoms. The van der Waals surface area contributed by atoms with E-state index in [1.54, 1.807) is 32.2 Å². The van der Waals surface area contributed by atoms with Gasteiger partial charge in [0, 0.05) is 18.2 Å². The summed E-state index contributed by atoms with van der Waals surface area (Å²) in [6.07, 6.45) is 0. The van der Waals surface area contributed by atoms with Crippen LogP contribution in [0.4, 0.5) is 5.69 Å². The predicted octanol–water partition coefficient (Wildman–Crippen LogP) is 1.58. The second-order valence-corrected chi connectivity index (χ2v) is 4.47. The topological polar surface area (TPSA) is 67.4 Å². The van der Waals surface area contributed by atoms with Gasteiger partial charge in [0.05, 0.1) is 12.7 Å². The molecule has 0 saturated heterocycles. The summed E-state index contributed by atoms with van der Waals surface area (Å²) in [5.41, 5.74) is 1.95. The second kappa shape index (κ2) is 6.89. The highest BCUT2D eigenvalue weighted by molar-refractivity contribution is 5.95. The molecule has 5 heteroatoms. The lowest BCUT2D eigenvalue weighted by atomic mass is 10.1. The van der Waals surface area contributed by atoms with Gasteiger partial charge in [-0.15, -0.1) is 0 Å². The van der Waals surface area contributed by atoms with E-state index in [0.717, 1.165) is 5.56 Å². The van der Waals surface area contributed by atoms with Crippen molar-refractivity contribution in [1.29, 1.82) is 0 Å². The van der Waals surface area contributed by atoms with Gasteiger partial charge in [0.1, 0.15) is 0 Å². The predicted molar refractivity (Wildman–Crippen MR) is 74.2 cm³/mol. The molecule has 1 atom stereocenters. The fourth-order valence-corrected chi connectivity index (χ4v) is 1.74. The zero-order valence-corrected chi connectivity index (χ0v) is 11.7. The van der Waals surface area contributed by atoms with Crippen molar-refractivity contribution in [2.75, 3.05) is 26.0 Å². The van der Waals surface area contributed by atoms with Gasteiger partial charge in [0.25, 0.3) is 0 Å². The average Bonchev–Trinajstić information content (AvgIpc) is 2.38. The molecular weight excluding hydrogens is 244 g/mol. The lowest BCUT2D eigenvalue weighted by molar-refractivity contribution is -0.119. The SMILES string of the molecule is CNCC(C)C(=O)Nc1ccc(C(=O)OC)c(C)c1. The molecule has 0 aromatic heterocycles. The minimum absolute atomic E-state index is 0.0560. The third kappa shape index (κ3) is 4.06. The highest BCUT2D eigenvalue weighted by Crippen LogP contribution is 2.16. The van der Waals surface area contributed by atoms with Gasteiger partial charge >= 0.3 is 5.97 Å². The standard InChI is InChI=1S/C14H20N2O3/c1-9-7-11(5-6-12(9)14(18)19-4)16-13(17)10(2)8-15-3/h5-7,10,15H,8H2,1-4H3,(H,16,17). The number of aryl methyl sites for hydroxylation is 1. The number of anilines is 1. The van der Waals surface area contributed by atoms with Gasteiger partial charge < -0.3 is 15.4 Å². The van der Waals surface area contributed by atoms with E-state index in [2.05, 4.69) is 15.4 Å². The first-order valence-corrected chi connectivity index (χ1v) is 6.14. The molecule has 1 aromatic carbocycles. The van der Waals surface area contributed by atoms with Crippen molar-refractivity contribution < 1.29 is 14.3 Å². The first-order chi connectivity index (χ1) is 8.99. The first kappa shape index (κ1) is 15.2. The Kier molecular flexibility index (Phi) is 5.51. The van der Waals surface area contributed by atoms with Crippen LogP contribution in [0.5, 0.6) is 0 Å². The molecule has 0 spiro atoms. The summed E-state index contributed by atoms with van der Waals surface area (Å²) in [4.78, 5) is 23.3. The van der Waals surface area contributed by atoms with Crippen LogP contribution in [0.1, 0.15) is 22.8 Å². The van der Waals surface area contributed by atoms with E-state index in [-0.39, 0.29) is 17.8 Å². The molecular formula is C14H20N2O3. The second-order valence-electron chi connectivity index (χ2n) is 4.47. The maximum Gasteiger partial charge on any atom is 0.338 e. The Labute approximate surface area is 113 Å². The minimum atomic E-state index is -0.376. The summed E-state index contributed by atoms with van der Waals surface area (Å²) in [5.74, 6) is -0.552. The Balaban J connectivity index is 2.79. The number of benzene rings is 1. The molecule has 0 fully saturated rings. The lowest BCUT2D eigenvalue weighted by Gasteiger charge is -2.12. The van der Waals surface area contributed by atoms with Gasteiger partial charge in [0.2, 0.25) is 5.91 Å². The molecule has 19 heavy (non-hydrogen) atoms. The highest BCUT2D eigenvalue weighted by atomic mass is 16.5. The Morgan fingerprint density at radius 3 is 2.58 bits per heavy atom. The quantitative estimate of drug-likeness (QED) is 0.792. The van der Waals surface area contributed by atoms with E-state index < -0.39 is 0 Å². The number of esters is 1. The summed E-state index contributed by atoms with van der Waals surface area (Å²) in [6, 6.07) is 5.11. The first-order valence-electron chi connectivity index (χ1n) is 6.14. The molecule has 5 nitrogen and oxygen atoms in total. The number of rotatable bonds is 5. The molecule has 0 aliphatic rings. The summed E-state index contributed by atoms with van der Waals surface area (Å²) in [6.45, 7) is 4.27. The number of nitrogens with one attached hydrogen (secondary N) is 2. The van der Waals surface area contributed by atoms with Crippen molar-refractivity contribution in [3.05, 3.63) is 29.3 Å². The summed E-state index contributed by atoms with van der Waals surface area (Å²) < 4.78 is 4.67. The van der Waals surface area contributed by atoms with E-state index in [4.69, 9.17) is 0 Å². The Morgan fingerprint density at radius 2 is 2.05 bits per heavy atom. The molecule has 2 N–H and O–H groups in total. The van der Waals surface area contributed by atoms with Crippen LogP contribution in [-0.2, 0) is 9.53 Å². The fraction of sp³-hybridized carbons (Fsp3) is 0.429. The minimum Gasteiger partial charge on any atom is -0.465 e. The highest BCUT2D eigenvalue weighted by Gasteiger charge is 2.13. The van der Waals surface area contributed by atoms with E-state index in [1.807, 2.05) is 6.92 Å². The van der Waals surface area contributed by atoms with Crippen molar-refractivity contribution in [1.82, 2.24) is 5.32 Å². The Hall–Kier alpha value is -1.88. The van der Waals surface area contributed by atoms with Crippen LogP contribution >= 0.6 is 0 Å². The molecule has 1 aromatic rings. The molecule has 0 heterocycles. The molecule has 0 aliphatic carbocycles. The number of amides is 1. The van der Waals surface area contributed by atoms with Crippen LogP contribution in [0.2, 0.25) is 0 Å². The average molecular weight is 264 g/mol. The van der Waals surface area contributed by atoms with Gasteiger partial charge in [-0.2, -0.15) is 0 Å². The number of methoxy groups -OCH3 is 1. The number of ether oxygens (including phenoxy) is 1. The molecule has 0 saturated carbocycles. The summed E-state index contributed by atoms with van der Waals surface area (Å²) in [7, 11) is 3.15. The normalized spacial score (nSPS) is 11.8. The maximum absolute atomic E-state index is 11.8. The van der Waals surface area contributed by atoms with Crippen LogP contribution in [0.15, 0.2) is 18.2 Å².